The maximum atomic E-state index is 13.7. The van der Waals surface area contributed by atoms with E-state index in [1.165, 1.54) is 28.6 Å². The monoisotopic (exact) mass is 470 g/mol. The number of sulfonamides is 1. The smallest absolute Gasteiger partial charge is 0.246 e. The standard InChI is InChI=1S/C21H21Cl2FN2O3S/c22-17-4-1-5-18(23)20(17)30(28,29)25-11-8-15(9-12-25)21(27)26-10-2-3-14-6-7-16(24)13-19(14)26/h1,4-7,13,15H,2-3,8-12H2. The number of carbonyl (C=O) groups is 1. The average molecular weight is 471 g/mol. The second-order valence-electron chi connectivity index (χ2n) is 7.60. The van der Waals surface area contributed by atoms with Crippen LogP contribution in [0.2, 0.25) is 10.0 Å². The van der Waals surface area contributed by atoms with E-state index in [0.717, 1.165) is 18.4 Å². The summed E-state index contributed by atoms with van der Waals surface area (Å²) in [6.07, 6.45) is 2.42. The van der Waals surface area contributed by atoms with Crippen LogP contribution in [0.3, 0.4) is 0 Å². The molecule has 1 saturated heterocycles. The number of piperidine rings is 1. The number of aryl methyl sites for hydroxylation is 1. The third-order valence-electron chi connectivity index (χ3n) is 5.75. The number of hydrogen-bond donors (Lipinski definition) is 0. The van der Waals surface area contributed by atoms with Crippen LogP contribution in [-0.2, 0) is 21.2 Å². The zero-order valence-corrected chi connectivity index (χ0v) is 18.5. The van der Waals surface area contributed by atoms with Gasteiger partial charge in [-0.3, -0.25) is 4.79 Å². The van der Waals surface area contributed by atoms with Gasteiger partial charge in [-0.15, -0.1) is 0 Å². The first-order chi connectivity index (χ1) is 14.3. The van der Waals surface area contributed by atoms with Crippen molar-refractivity contribution in [2.45, 2.75) is 30.6 Å². The summed E-state index contributed by atoms with van der Waals surface area (Å²) in [5.74, 6) is -0.757. The van der Waals surface area contributed by atoms with Crippen molar-refractivity contribution in [3.63, 3.8) is 0 Å². The second kappa shape index (κ2) is 8.46. The molecule has 160 valence electrons. The fraction of sp³-hybridized carbons (Fsp3) is 0.381. The van der Waals surface area contributed by atoms with Crippen molar-refractivity contribution >= 4 is 44.8 Å². The van der Waals surface area contributed by atoms with Crippen LogP contribution < -0.4 is 4.90 Å². The topological polar surface area (TPSA) is 57.7 Å². The van der Waals surface area contributed by atoms with Crippen molar-refractivity contribution in [1.29, 1.82) is 0 Å². The lowest BCUT2D eigenvalue weighted by Crippen LogP contribution is -2.45. The van der Waals surface area contributed by atoms with E-state index in [2.05, 4.69) is 0 Å². The molecule has 0 bridgehead atoms. The Hall–Kier alpha value is -1.67. The number of rotatable bonds is 3. The molecule has 0 N–H and O–H groups in total. The van der Waals surface area contributed by atoms with Crippen molar-refractivity contribution < 1.29 is 17.6 Å². The van der Waals surface area contributed by atoms with Crippen LogP contribution in [0, 0.1) is 11.7 Å². The second-order valence-corrected chi connectivity index (χ2v) is 10.3. The maximum absolute atomic E-state index is 13.7. The van der Waals surface area contributed by atoms with Gasteiger partial charge in [-0.25, -0.2) is 12.8 Å². The fourth-order valence-corrected chi connectivity index (χ4v) is 6.76. The number of benzene rings is 2. The highest BCUT2D eigenvalue weighted by atomic mass is 35.5. The van der Waals surface area contributed by atoms with Gasteiger partial charge in [-0.05, 0) is 55.5 Å². The predicted octanol–water partition coefficient (Wildman–Crippen LogP) is 4.51. The normalized spacial score (nSPS) is 18.3. The van der Waals surface area contributed by atoms with Crippen LogP contribution in [0.25, 0.3) is 0 Å². The van der Waals surface area contributed by atoms with Gasteiger partial charge >= 0.3 is 0 Å². The number of carbonyl (C=O) groups excluding carboxylic acids is 1. The molecule has 0 radical (unpaired) electrons. The average Bonchev–Trinajstić information content (AvgIpc) is 2.72. The van der Waals surface area contributed by atoms with Crippen molar-refractivity contribution in [2.24, 2.45) is 5.92 Å². The van der Waals surface area contributed by atoms with Crippen molar-refractivity contribution in [3.05, 3.63) is 57.8 Å². The molecule has 0 aromatic heterocycles. The van der Waals surface area contributed by atoms with Gasteiger partial charge in [-0.2, -0.15) is 4.31 Å². The van der Waals surface area contributed by atoms with E-state index in [1.807, 2.05) is 0 Å². The molecular weight excluding hydrogens is 450 g/mol. The van der Waals surface area contributed by atoms with Gasteiger partial charge in [0, 0.05) is 31.2 Å². The maximum Gasteiger partial charge on any atom is 0.246 e. The third kappa shape index (κ3) is 3.96. The predicted molar refractivity (Wildman–Crippen MR) is 115 cm³/mol. The van der Waals surface area contributed by atoms with Gasteiger partial charge in [-0.1, -0.05) is 35.3 Å². The first kappa shape index (κ1) is 21.6. The third-order valence-corrected chi connectivity index (χ3v) is 8.61. The van der Waals surface area contributed by atoms with Crippen molar-refractivity contribution in [1.82, 2.24) is 4.31 Å². The molecule has 0 saturated carbocycles. The number of hydrogen-bond acceptors (Lipinski definition) is 3. The van der Waals surface area contributed by atoms with Crippen LogP contribution in [-0.4, -0.2) is 38.3 Å². The molecule has 0 unspecified atom stereocenters. The molecule has 0 aliphatic carbocycles. The number of nitrogens with zero attached hydrogens (tertiary/aromatic N) is 2. The Morgan fingerprint density at radius 3 is 2.37 bits per heavy atom. The molecule has 2 aromatic carbocycles. The van der Waals surface area contributed by atoms with E-state index in [4.69, 9.17) is 23.2 Å². The van der Waals surface area contributed by atoms with Crippen LogP contribution in [0.1, 0.15) is 24.8 Å². The largest absolute Gasteiger partial charge is 0.312 e. The Morgan fingerprint density at radius 2 is 1.70 bits per heavy atom. The van der Waals surface area contributed by atoms with Gasteiger partial charge in [0.25, 0.3) is 0 Å². The highest BCUT2D eigenvalue weighted by Crippen LogP contribution is 2.35. The minimum atomic E-state index is -3.86. The van der Waals surface area contributed by atoms with Crippen LogP contribution in [0.5, 0.6) is 0 Å². The lowest BCUT2D eigenvalue weighted by atomic mass is 9.94. The zero-order chi connectivity index (χ0) is 21.5. The summed E-state index contributed by atoms with van der Waals surface area (Å²) < 4.78 is 41.1. The summed E-state index contributed by atoms with van der Waals surface area (Å²) in [4.78, 5) is 14.7. The molecule has 0 atom stereocenters. The number of amides is 1. The highest BCUT2D eigenvalue weighted by molar-refractivity contribution is 7.89. The van der Waals surface area contributed by atoms with Crippen molar-refractivity contribution in [2.75, 3.05) is 24.5 Å². The summed E-state index contributed by atoms with van der Waals surface area (Å²) in [6, 6.07) is 9.12. The van der Waals surface area contributed by atoms with Gasteiger partial charge < -0.3 is 4.90 Å². The van der Waals surface area contributed by atoms with Crippen molar-refractivity contribution in [3.8, 4) is 0 Å². The quantitative estimate of drug-likeness (QED) is 0.662. The molecule has 2 heterocycles. The Labute approximate surface area is 185 Å². The van der Waals surface area contributed by atoms with Gasteiger partial charge in [0.15, 0.2) is 0 Å². The van der Waals surface area contributed by atoms with E-state index in [9.17, 15) is 17.6 Å². The lowest BCUT2D eigenvalue weighted by molar-refractivity contribution is -0.123. The fourth-order valence-electron chi connectivity index (χ4n) is 4.20. The summed E-state index contributed by atoms with van der Waals surface area (Å²) in [6.45, 7) is 0.942. The van der Waals surface area contributed by atoms with Gasteiger partial charge in [0.2, 0.25) is 15.9 Å². The van der Waals surface area contributed by atoms with E-state index >= 15 is 0 Å². The molecule has 1 fully saturated rings. The molecule has 4 rings (SSSR count). The molecule has 1 amide bonds. The minimum absolute atomic E-state index is 0.0747. The molecule has 30 heavy (non-hydrogen) atoms. The zero-order valence-electron chi connectivity index (χ0n) is 16.2. The Kier molecular flexibility index (Phi) is 6.08. The van der Waals surface area contributed by atoms with Crippen LogP contribution in [0.4, 0.5) is 10.1 Å². The van der Waals surface area contributed by atoms with E-state index < -0.39 is 10.0 Å². The molecule has 5 nitrogen and oxygen atoms in total. The number of halogens is 3. The molecule has 0 spiro atoms. The Bertz CT molecular complexity index is 1070. The van der Waals surface area contributed by atoms with Crippen LogP contribution in [0.15, 0.2) is 41.3 Å². The van der Waals surface area contributed by atoms with E-state index in [1.54, 1.807) is 17.0 Å². The number of anilines is 1. The summed E-state index contributed by atoms with van der Waals surface area (Å²) >= 11 is 12.2. The number of fused-ring (bicyclic) bond motifs is 1. The summed E-state index contributed by atoms with van der Waals surface area (Å²) in [5, 5.41) is 0.153. The minimum Gasteiger partial charge on any atom is -0.312 e. The molecule has 2 aliphatic heterocycles. The van der Waals surface area contributed by atoms with Gasteiger partial charge in [0.05, 0.1) is 10.0 Å². The van der Waals surface area contributed by atoms with Gasteiger partial charge in [0.1, 0.15) is 10.7 Å². The first-order valence-corrected chi connectivity index (χ1v) is 12.0. The van der Waals surface area contributed by atoms with E-state index in [-0.39, 0.29) is 45.7 Å². The van der Waals surface area contributed by atoms with Crippen LogP contribution >= 0.6 is 23.2 Å². The summed E-state index contributed by atoms with van der Waals surface area (Å²) in [7, 11) is -3.86. The summed E-state index contributed by atoms with van der Waals surface area (Å²) in [5.41, 5.74) is 1.59. The highest BCUT2D eigenvalue weighted by Gasteiger charge is 2.36. The molecule has 2 aromatic rings. The Morgan fingerprint density at radius 1 is 1.03 bits per heavy atom. The Balaban J connectivity index is 1.49. The molecule has 2 aliphatic rings. The molecule has 9 heteroatoms. The van der Waals surface area contributed by atoms with E-state index in [0.29, 0.717) is 25.1 Å². The first-order valence-electron chi connectivity index (χ1n) is 9.83. The SMILES string of the molecule is O=C(C1CCN(S(=O)(=O)c2c(Cl)cccc2Cl)CC1)N1CCCc2ccc(F)cc21. The molecular formula is C21H21Cl2FN2O3S. The lowest BCUT2D eigenvalue weighted by Gasteiger charge is -2.36.